The first-order valence-electron chi connectivity index (χ1n) is 12.7. The number of hydrogen-bond acceptors (Lipinski definition) is 5. The number of benzene rings is 2. The molecule has 0 spiro atoms. The zero-order chi connectivity index (χ0) is 24.4. The third-order valence-corrected chi connectivity index (χ3v) is 7.59. The quantitative estimate of drug-likeness (QED) is 0.389. The summed E-state index contributed by atoms with van der Waals surface area (Å²) in [6, 6.07) is 17.0. The minimum Gasteiger partial charge on any atom is -0.321 e. The normalized spacial score (nSPS) is 15.3. The lowest BCUT2D eigenvalue weighted by molar-refractivity contribution is 0.112. The maximum Gasteiger partial charge on any atom is 0.252 e. The molecule has 4 aromatic rings. The largest absolute Gasteiger partial charge is 0.321 e. The molecule has 7 nitrogen and oxygen atoms in total. The first kappa shape index (κ1) is 23.4. The minimum absolute atomic E-state index is 0.00655. The Morgan fingerprint density at radius 1 is 1.11 bits per heavy atom. The molecule has 1 N–H and O–H groups in total. The smallest absolute Gasteiger partial charge is 0.252 e. The van der Waals surface area contributed by atoms with E-state index in [-0.39, 0.29) is 11.6 Å². The van der Waals surface area contributed by atoms with E-state index in [1.807, 2.05) is 22.9 Å². The van der Waals surface area contributed by atoms with Crippen molar-refractivity contribution in [1.82, 2.24) is 30.1 Å². The molecule has 0 amide bonds. The fraction of sp³-hybridized carbons (Fsp3) is 0.429. The highest BCUT2D eigenvalue weighted by atomic mass is 16.1. The van der Waals surface area contributed by atoms with Crippen LogP contribution < -0.4 is 5.56 Å². The second-order valence-electron chi connectivity index (χ2n) is 9.81. The monoisotopic (exact) mass is 470 g/mol. The number of tetrazole rings is 1. The molecular formula is C28H34N6O. The van der Waals surface area contributed by atoms with Gasteiger partial charge in [0, 0.05) is 18.2 Å². The number of aryl methyl sites for hydroxylation is 2. The van der Waals surface area contributed by atoms with E-state index in [2.05, 4.69) is 76.5 Å². The average Bonchev–Trinajstić information content (AvgIpc) is 3.56. The van der Waals surface area contributed by atoms with Crippen LogP contribution in [0.2, 0.25) is 0 Å². The summed E-state index contributed by atoms with van der Waals surface area (Å²) in [5.74, 6) is 0.868. The Balaban J connectivity index is 1.51. The zero-order valence-corrected chi connectivity index (χ0v) is 20.9. The molecule has 2 aromatic heterocycles. The maximum absolute atomic E-state index is 13.2. The Morgan fingerprint density at radius 3 is 2.63 bits per heavy atom. The van der Waals surface area contributed by atoms with Gasteiger partial charge in [0.15, 0.2) is 5.82 Å². The molecule has 0 bridgehead atoms. The van der Waals surface area contributed by atoms with Gasteiger partial charge >= 0.3 is 0 Å². The number of aromatic amines is 1. The Bertz CT molecular complexity index is 1350. The SMILES string of the molecule is CCC(c1nnnn1Cc1ccccc1)N(Cc1cc2ccc(C)c(C)c2[nH]c1=O)C1CCCC1. The van der Waals surface area contributed by atoms with Crippen LogP contribution in [-0.4, -0.2) is 36.1 Å². The maximum atomic E-state index is 13.2. The minimum atomic E-state index is -0.00655. The standard InChI is InChI=1S/C28H34N6O/c1-4-25(27-30-31-32-34(27)17-21-10-6-5-7-11-21)33(24-12-8-9-13-24)18-23-16-22-15-14-19(2)20(3)26(22)29-28(23)35/h5-7,10-11,14-16,24-25H,4,8-9,12-13,17-18H2,1-3H3,(H,29,35). The highest BCUT2D eigenvalue weighted by Crippen LogP contribution is 2.34. The molecule has 0 radical (unpaired) electrons. The van der Waals surface area contributed by atoms with Gasteiger partial charge in [0.05, 0.1) is 18.1 Å². The van der Waals surface area contributed by atoms with Crippen LogP contribution in [0.5, 0.6) is 0 Å². The van der Waals surface area contributed by atoms with E-state index in [0.717, 1.165) is 47.1 Å². The number of nitrogens with one attached hydrogen (secondary N) is 1. The van der Waals surface area contributed by atoms with E-state index in [9.17, 15) is 4.79 Å². The van der Waals surface area contributed by atoms with E-state index in [0.29, 0.717) is 19.1 Å². The van der Waals surface area contributed by atoms with Gasteiger partial charge in [-0.15, -0.1) is 5.10 Å². The summed E-state index contributed by atoms with van der Waals surface area (Å²) in [4.78, 5) is 18.9. The van der Waals surface area contributed by atoms with Crippen LogP contribution in [0.3, 0.4) is 0 Å². The van der Waals surface area contributed by atoms with Crippen molar-refractivity contribution in [3.05, 3.63) is 87.0 Å². The summed E-state index contributed by atoms with van der Waals surface area (Å²) >= 11 is 0. The topological polar surface area (TPSA) is 79.7 Å². The number of pyridine rings is 1. The molecule has 1 aliphatic carbocycles. The second kappa shape index (κ2) is 10.1. The summed E-state index contributed by atoms with van der Waals surface area (Å²) in [6.07, 6.45) is 5.59. The molecule has 7 heteroatoms. The first-order valence-corrected chi connectivity index (χ1v) is 12.7. The number of rotatable bonds is 8. The van der Waals surface area contributed by atoms with E-state index in [4.69, 9.17) is 0 Å². The third-order valence-electron chi connectivity index (χ3n) is 7.59. The Labute approximate surface area is 206 Å². The zero-order valence-electron chi connectivity index (χ0n) is 20.9. The van der Waals surface area contributed by atoms with Crippen molar-refractivity contribution in [3.8, 4) is 0 Å². The molecular weight excluding hydrogens is 436 g/mol. The molecule has 2 aromatic carbocycles. The van der Waals surface area contributed by atoms with E-state index in [1.165, 1.54) is 24.0 Å². The number of hydrogen-bond donors (Lipinski definition) is 1. The summed E-state index contributed by atoms with van der Waals surface area (Å²) < 4.78 is 1.92. The molecule has 1 atom stereocenters. The Kier molecular flexibility index (Phi) is 6.77. The van der Waals surface area contributed by atoms with Gasteiger partial charge in [-0.2, -0.15) is 0 Å². The van der Waals surface area contributed by atoms with Crippen molar-refractivity contribution in [1.29, 1.82) is 0 Å². The van der Waals surface area contributed by atoms with Crippen LogP contribution in [0.25, 0.3) is 10.9 Å². The van der Waals surface area contributed by atoms with Crippen molar-refractivity contribution in [2.45, 2.75) is 78.0 Å². The number of fused-ring (bicyclic) bond motifs is 1. The first-order chi connectivity index (χ1) is 17.0. The molecule has 2 heterocycles. The van der Waals surface area contributed by atoms with Gasteiger partial charge in [-0.3, -0.25) is 9.69 Å². The molecule has 1 fully saturated rings. The van der Waals surface area contributed by atoms with Crippen molar-refractivity contribution < 1.29 is 0 Å². The molecule has 1 unspecified atom stereocenters. The highest BCUT2D eigenvalue weighted by molar-refractivity contribution is 5.83. The van der Waals surface area contributed by atoms with E-state index < -0.39 is 0 Å². The van der Waals surface area contributed by atoms with Gasteiger partial charge in [0.2, 0.25) is 0 Å². The van der Waals surface area contributed by atoms with Gasteiger partial charge in [-0.25, -0.2) is 4.68 Å². The second-order valence-corrected chi connectivity index (χ2v) is 9.81. The number of aromatic nitrogens is 5. The lowest BCUT2D eigenvalue weighted by atomic mass is 10.0. The molecule has 0 saturated heterocycles. The van der Waals surface area contributed by atoms with Crippen molar-refractivity contribution >= 4 is 10.9 Å². The van der Waals surface area contributed by atoms with Crippen LogP contribution in [0.4, 0.5) is 0 Å². The van der Waals surface area contributed by atoms with Gasteiger partial charge in [0.25, 0.3) is 5.56 Å². The lowest BCUT2D eigenvalue weighted by Crippen LogP contribution is -2.39. The van der Waals surface area contributed by atoms with Gasteiger partial charge in [-0.05, 0) is 71.7 Å². The van der Waals surface area contributed by atoms with Crippen molar-refractivity contribution in [2.75, 3.05) is 0 Å². The third kappa shape index (κ3) is 4.78. The Morgan fingerprint density at radius 2 is 1.89 bits per heavy atom. The van der Waals surface area contributed by atoms with Crippen molar-refractivity contribution in [2.24, 2.45) is 0 Å². The lowest BCUT2D eigenvalue weighted by Gasteiger charge is -2.35. The van der Waals surface area contributed by atoms with E-state index in [1.54, 1.807) is 0 Å². The molecule has 5 rings (SSSR count). The molecule has 0 aliphatic heterocycles. The molecule has 1 aliphatic rings. The predicted octanol–water partition coefficient (Wildman–Crippen LogP) is 5.08. The average molecular weight is 471 g/mol. The van der Waals surface area contributed by atoms with Gasteiger partial charge < -0.3 is 4.98 Å². The number of H-pyrrole nitrogens is 1. The predicted molar refractivity (Wildman–Crippen MR) is 138 cm³/mol. The van der Waals surface area contributed by atoms with Crippen LogP contribution in [-0.2, 0) is 13.1 Å². The van der Waals surface area contributed by atoms with Gasteiger partial charge in [-0.1, -0.05) is 62.2 Å². The van der Waals surface area contributed by atoms with Gasteiger partial charge in [0.1, 0.15) is 0 Å². The van der Waals surface area contributed by atoms with Crippen LogP contribution in [0.1, 0.15) is 73.1 Å². The number of nitrogens with zero attached hydrogens (tertiary/aromatic N) is 5. The van der Waals surface area contributed by atoms with Crippen LogP contribution >= 0.6 is 0 Å². The summed E-state index contributed by atoms with van der Waals surface area (Å²) in [7, 11) is 0. The van der Waals surface area contributed by atoms with E-state index >= 15 is 0 Å². The summed E-state index contributed by atoms with van der Waals surface area (Å²) in [5, 5.41) is 13.9. The molecule has 35 heavy (non-hydrogen) atoms. The highest BCUT2D eigenvalue weighted by Gasteiger charge is 2.32. The van der Waals surface area contributed by atoms with Crippen molar-refractivity contribution in [3.63, 3.8) is 0 Å². The van der Waals surface area contributed by atoms with Crippen LogP contribution in [0, 0.1) is 13.8 Å². The fourth-order valence-corrected chi connectivity index (χ4v) is 5.50. The molecule has 1 saturated carbocycles. The fourth-order valence-electron chi connectivity index (χ4n) is 5.50. The summed E-state index contributed by atoms with van der Waals surface area (Å²) in [5.41, 5.74) is 5.21. The molecule has 182 valence electrons. The van der Waals surface area contributed by atoms with Crippen LogP contribution in [0.15, 0.2) is 53.3 Å². The summed E-state index contributed by atoms with van der Waals surface area (Å²) in [6.45, 7) is 7.55. The Hall–Kier alpha value is -3.32.